The molecule has 1 aromatic carbocycles. The third-order valence-electron chi connectivity index (χ3n) is 3.78. The van der Waals surface area contributed by atoms with E-state index in [1.165, 1.54) is 4.90 Å². The van der Waals surface area contributed by atoms with Crippen molar-refractivity contribution in [3.8, 4) is 5.75 Å². The zero-order valence-electron chi connectivity index (χ0n) is 11.4. The molecule has 0 aromatic heterocycles. The predicted molar refractivity (Wildman–Crippen MR) is 68.9 cm³/mol. The average molecular weight is 314 g/mol. The van der Waals surface area contributed by atoms with Gasteiger partial charge in [-0.2, -0.15) is 13.2 Å². The Bertz CT molecular complexity index is 641. The van der Waals surface area contributed by atoms with E-state index in [0.29, 0.717) is 6.07 Å². The number of nitrogens with zero attached hydrogens (tertiary/aromatic N) is 2. The Balaban J connectivity index is 1.89. The van der Waals surface area contributed by atoms with E-state index in [4.69, 9.17) is 0 Å². The Hall–Kier alpha value is -2.25. The minimum absolute atomic E-state index is 0.00468. The summed E-state index contributed by atoms with van der Waals surface area (Å²) < 4.78 is 39.0. The zero-order chi connectivity index (χ0) is 16.1. The standard InChI is InChI=1S/C14H13F3N2O3/c15-14(16,17)11-4-3-9(20)5-10(11)13(22)18-6-12(21)19(7-18)8-1-2-8/h3-5,8,20H,1-2,6-7H2. The van der Waals surface area contributed by atoms with Crippen LogP contribution in [0.5, 0.6) is 5.75 Å². The molecule has 2 fully saturated rings. The van der Waals surface area contributed by atoms with Crippen molar-refractivity contribution in [1.82, 2.24) is 9.80 Å². The number of hydrogen-bond donors (Lipinski definition) is 1. The third-order valence-corrected chi connectivity index (χ3v) is 3.78. The van der Waals surface area contributed by atoms with Crippen LogP contribution in [0.15, 0.2) is 18.2 Å². The number of aromatic hydroxyl groups is 1. The molecule has 8 heteroatoms. The first-order chi connectivity index (χ1) is 10.3. The van der Waals surface area contributed by atoms with E-state index in [2.05, 4.69) is 0 Å². The number of carbonyl (C=O) groups excluding carboxylic acids is 2. The molecule has 2 aliphatic rings. The summed E-state index contributed by atoms with van der Waals surface area (Å²) in [4.78, 5) is 26.7. The lowest BCUT2D eigenvalue weighted by Gasteiger charge is -2.20. The van der Waals surface area contributed by atoms with Gasteiger partial charge in [0.25, 0.3) is 5.91 Å². The topological polar surface area (TPSA) is 60.9 Å². The van der Waals surface area contributed by atoms with Crippen LogP contribution in [0.1, 0.15) is 28.8 Å². The molecule has 0 atom stereocenters. The van der Waals surface area contributed by atoms with Crippen LogP contribution >= 0.6 is 0 Å². The molecule has 0 unspecified atom stereocenters. The number of amides is 2. The van der Waals surface area contributed by atoms with Crippen LogP contribution in [0.2, 0.25) is 0 Å². The lowest BCUT2D eigenvalue weighted by atomic mass is 10.1. The average Bonchev–Trinajstić information content (AvgIpc) is 3.19. The van der Waals surface area contributed by atoms with E-state index < -0.39 is 29.0 Å². The van der Waals surface area contributed by atoms with Crippen molar-refractivity contribution in [3.63, 3.8) is 0 Å². The second-order valence-electron chi connectivity index (χ2n) is 5.47. The first kappa shape index (κ1) is 14.7. The maximum atomic E-state index is 13.0. The highest BCUT2D eigenvalue weighted by atomic mass is 19.4. The predicted octanol–water partition coefficient (Wildman–Crippen LogP) is 1.82. The van der Waals surface area contributed by atoms with Crippen molar-refractivity contribution in [3.05, 3.63) is 29.3 Å². The molecule has 1 saturated heterocycles. The number of phenols is 1. The monoisotopic (exact) mass is 314 g/mol. The van der Waals surface area contributed by atoms with Gasteiger partial charge in [-0.1, -0.05) is 0 Å². The number of hydrogen-bond acceptors (Lipinski definition) is 3. The minimum Gasteiger partial charge on any atom is -0.508 e. The third kappa shape index (κ3) is 2.60. The first-order valence-corrected chi connectivity index (χ1v) is 6.76. The van der Waals surface area contributed by atoms with Gasteiger partial charge in [-0.05, 0) is 31.0 Å². The van der Waals surface area contributed by atoms with Crippen molar-refractivity contribution >= 4 is 11.8 Å². The van der Waals surface area contributed by atoms with E-state index in [1.54, 1.807) is 0 Å². The molecule has 1 aliphatic carbocycles. The maximum absolute atomic E-state index is 13.0. The highest BCUT2D eigenvalue weighted by Crippen LogP contribution is 2.35. The van der Waals surface area contributed by atoms with Crippen LogP contribution in [0.25, 0.3) is 0 Å². The fourth-order valence-corrected chi connectivity index (χ4v) is 2.53. The second kappa shape index (κ2) is 4.89. The lowest BCUT2D eigenvalue weighted by Crippen LogP contribution is -2.33. The molecule has 0 radical (unpaired) electrons. The summed E-state index contributed by atoms with van der Waals surface area (Å²) in [6.07, 6.45) is -3.00. The van der Waals surface area contributed by atoms with Gasteiger partial charge in [0, 0.05) is 6.04 Å². The number of alkyl halides is 3. The normalized spacial score (nSPS) is 19.0. The summed E-state index contributed by atoms with van der Waals surface area (Å²) in [7, 11) is 0. The summed E-state index contributed by atoms with van der Waals surface area (Å²) >= 11 is 0. The summed E-state index contributed by atoms with van der Waals surface area (Å²) in [5.41, 5.74) is -1.76. The van der Waals surface area contributed by atoms with Crippen LogP contribution in [0.3, 0.4) is 0 Å². The Morgan fingerprint density at radius 2 is 1.95 bits per heavy atom. The second-order valence-corrected chi connectivity index (χ2v) is 5.47. The number of carbonyl (C=O) groups is 2. The molecule has 1 aliphatic heterocycles. The number of benzene rings is 1. The largest absolute Gasteiger partial charge is 0.508 e. The quantitative estimate of drug-likeness (QED) is 0.906. The summed E-state index contributed by atoms with van der Waals surface area (Å²) in [6.45, 7) is -0.239. The van der Waals surface area contributed by atoms with Crippen molar-refractivity contribution in [1.29, 1.82) is 0 Å². The van der Waals surface area contributed by atoms with Crippen LogP contribution < -0.4 is 0 Å². The van der Waals surface area contributed by atoms with E-state index in [9.17, 15) is 27.9 Å². The van der Waals surface area contributed by atoms with Crippen molar-refractivity contribution in [2.24, 2.45) is 0 Å². The van der Waals surface area contributed by atoms with E-state index >= 15 is 0 Å². The van der Waals surface area contributed by atoms with Gasteiger partial charge in [0.15, 0.2) is 0 Å². The first-order valence-electron chi connectivity index (χ1n) is 6.76. The molecule has 2 amide bonds. The number of halogens is 3. The number of phenolic OH excluding ortho intramolecular Hbond substituents is 1. The van der Waals surface area contributed by atoms with Gasteiger partial charge in [0.1, 0.15) is 12.3 Å². The highest BCUT2D eigenvalue weighted by molar-refractivity contribution is 5.99. The Kier molecular flexibility index (Phi) is 3.26. The molecule has 0 spiro atoms. The van der Waals surface area contributed by atoms with Gasteiger partial charge in [0.2, 0.25) is 5.91 Å². The van der Waals surface area contributed by atoms with Crippen LogP contribution in [0.4, 0.5) is 13.2 Å². The van der Waals surface area contributed by atoms with Crippen LogP contribution in [0, 0.1) is 0 Å². The minimum atomic E-state index is -4.71. The molecule has 1 heterocycles. The van der Waals surface area contributed by atoms with E-state index in [0.717, 1.165) is 29.9 Å². The van der Waals surface area contributed by atoms with Crippen molar-refractivity contribution in [2.45, 2.75) is 25.1 Å². The van der Waals surface area contributed by atoms with Gasteiger partial charge in [-0.3, -0.25) is 9.59 Å². The Morgan fingerprint density at radius 1 is 1.27 bits per heavy atom. The molecule has 1 N–H and O–H groups in total. The summed E-state index contributed by atoms with van der Waals surface area (Å²) in [5, 5.41) is 9.38. The van der Waals surface area contributed by atoms with E-state index in [1.807, 2.05) is 0 Å². The van der Waals surface area contributed by atoms with Crippen molar-refractivity contribution in [2.75, 3.05) is 13.2 Å². The lowest BCUT2D eigenvalue weighted by molar-refractivity contribution is -0.138. The molecule has 1 aromatic rings. The molecule has 118 valence electrons. The summed E-state index contributed by atoms with van der Waals surface area (Å²) in [5.74, 6) is -1.59. The highest BCUT2D eigenvalue weighted by Gasteiger charge is 2.42. The fourth-order valence-electron chi connectivity index (χ4n) is 2.53. The van der Waals surface area contributed by atoms with E-state index in [-0.39, 0.29) is 25.2 Å². The van der Waals surface area contributed by atoms with Gasteiger partial charge in [-0.25, -0.2) is 0 Å². The number of rotatable bonds is 2. The Labute approximate surface area is 123 Å². The van der Waals surface area contributed by atoms with Gasteiger partial charge < -0.3 is 14.9 Å². The Morgan fingerprint density at radius 3 is 2.55 bits per heavy atom. The maximum Gasteiger partial charge on any atom is 0.417 e. The van der Waals surface area contributed by atoms with Crippen molar-refractivity contribution < 1.29 is 27.9 Å². The van der Waals surface area contributed by atoms with Gasteiger partial charge in [-0.15, -0.1) is 0 Å². The fraction of sp³-hybridized carbons (Fsp3) is 0.429. The SMILES string of the molecule is O=C(c1cc(O)ccc1C(F)(F)F)N1CC(=O)N(C2CC2)C1. The molecule has 5 nitrogen and oxygen atoms in total. The van der Waals surface area contributed by atoms with Crippen LogP contribution in [-0.4, -0.2) is 46.0 Å². The smallest absolute Gasteiger partial charge is 0.417 e. The summed E-state index contributed by atoms with van der Waals surface area (Å²) in [6, 6.07) is 2.43. The molecular weight excluding hydrogens is 301 g/mol. The molecule has 1 saturated carbocycles. The zero-order valence-corrected chi connectivity index (χ0v) is 11.4. The van der Waals surface area contributed by atoms with Gasteiger partial charge in [0.05, 0.1) is 17.8 Å². The molecular formula is C14H13F3N2O3. The molecule has 0 bridgehead atoms. The van der Waals surface area contributed by atoms with Gasteiger partial charge >= 0.3 is 6.18 Å². The van der Waals surface area contributed by atoms with Crippen LogP contribution in [-0.2, 0) is 11.0 Å². The molecule has 3 rings (SSSR count). The molecule has 22 heavy (non-hydrogen) atoms.